The number of fused-ring (bicyclic) bond motifs is 4. The van der Waals surface area contributed by atoms with Crippen LogP contribution in [0.4, 0.5) is 17.6 Å². The van der Waals surface area contributed by atoms with Gasteiger partial charge in [0.15, 0.2) is 0 Å². The fraction of sp³-hybridized carbons (Fsp3) is 0.211. The first-order valence-electron chi connectivity index (χ1n) is 40.7. The molecular formula is C95H93F4N13O15. The van der Waals surface area contributed by atoms with Crippen molar-refractivity contribution < 1.29 is 90.4 Å². The molecular weight excluding hydrogens is 1640 g/mol. The van der Waals surface area contributed by atoms with Crippen molar-refractivity contribution in [3.63, 3.8) is 0 Å². The van der Waals surface area contributed by atoms with Gasteiger partial charge in [-0.1, -0.05) is 103 Å². The number of hydrogen-bond acceptors (Lipinski definition) is 19. The molecule has 1 fully saturated rings. The molecule has 15 N–H and O–H groups in total. The number of aliphatic hydroxyl groups excluding tert-OH is 5. The molecule has 14 aromatic rings. The van der Waals surface area contributed by atoms with E-state index in [9.17, 15) is 51.7 Å². The number of halogens is 4. The number of primary amides is 1. The third-order valence-corrected chi connectivity index (χ3v) is 19.6. The molecule has 0 aliphatic heterocycles. The highest BCUT2D eigenvalue weighted by Gasteiger charge is 2.29. The summed E-state index contributed by atoms with van der Waals surface area (Å²) in [5, 5.41) is 89.1. The van der Waals surface area contributed by atoms with Crippen molar-refractivity contribution >= 4 is 122 Å². The van der Waals surface area contributed by atoms with E-state index >= 15 is 0 Å². The molecule has 2 atom stereocenters. The summed E-state index contributed by atoms with van der Waals surface area (Å²) in [6, 6.07) is 49.2. The summed E-state index contributed by atoms with van der Waals surface area (Å²) in [6.45, 7) is 2.20. The van der Waals surface area contributed by atoms with Gasteiger partial charge in [-0.25, -0.2) is 17.6 Å². The summed E-state index contributed by atoms with van der Waals surface area (Å²) >= 11 is 0. The van der Waals surface area contributed by atoms with E-state index in [1.54, 1.807) is 146 Å². The Morgan fingerprint density at radius 2 is 0.756 bits per heavy atom. The molecule has 0 saturated heterocycles. The van der Waals surface area contributed by atoms with Crippen LogP contribution in [-0.2, 0) is 11.3 Å². The number of benzene rings is 9. The van der Waals surface area contributed by atoms with Crippen molar-refractivity contribution in [2.75, 3.05) is 59.5 Å². The smallest absolute Gasteiger partial charge is 0.255 e. The highest BCUT2D eigenvalue weighted by Crippen LogP contribution is 2.38. The quantitative estimate of drug-likeness (QED) is 0.0128. The van der Waals surface area contributed by atoms with Crippen molar-refractivity contribution in [3.05, 3.63) is 296 Å². The van der Waals surface area contributed by atoms with E-state index in [2.05, 4.69) is 62.1 Å². The van der Waals surface area contributed by atoms with Crippen LogP contribution in [0.1, 0.15) is 149 Å². The number of nitrogens with zero attached hydrogens (tertiary/aromatic N) is 4. The normalized spacial score (nSPS) is 12.4. The average molecular weight is 1730 g/mol. The number of nitrogens with two attached hydrogens (primary N) is 1. The molecule has 127 heavy (non-hydrogen) atoms. The molecule has 0 unspecified atom stereocenters. The molecule has 5 aromatic heterocycles. The number of hydrogen-bond donors (Lipinski definition) is 14. The summed E-state index contributed by atoms with van der Waals surface area (Å²) in [7, 11) is 0. The van der Waals surface area contributed by atoms with E-state index in [1.165, 1.54) is 55.5 Å². The molecule has 5 heterocycles. The molecule has 15 rings (SSSR count). The largest absolute Gasteiger partial charge is 0.492 e. The lowest BCUT2D eigenvalue weighted by Gasteiger charge is -2.18. The number of amides is 5. The maximum atomic E-state index is 13.3. The number of aromatic nitrogens is 8. The molecule has 0 spiro atoms. The summed E-state index contributed by atoms with van der Waals surface area (Å²) < 4.78 is 81.6. The maximum absolute atomic E-state index is 13.3. The Morgan fingerprint density at radius 1 is 0.425 bits per heavy atom. The van der Waals surface area contributed by atoms with Gasteiger partial charge in [0.25, 0.3) is 23.6 Å². The van der Waals surface area contributed by atoms with E-state index in [0.29, 0.717) is 126 Å². The van der Waals surface area contributed by atoms with Gasteiger partial charge in [-0.05, 0) is 181 Å². The van der Waals surface area contributed by atoms with Crippen LogP contribution in [-0.4, -0.2) is 167 Å². The van der Waals surface area contributed by atoms with Crippen LogP contribution in [0.2, 0.25) is 0 Å². The molecule has 656 valence electrons. The first-order valence-corrected chi connectivity index (χ1v) is 40.7. The number of ether oxygens (including phenoxy) is 4. The van der Waals surface area contributed by atoms with Crippen molar-refractivity contribution in [1.82, 2.24) is 62.1 Å². The Labute approximate surface area is 725 Å². The van der Waals surface area contributed by atoms with E-state index < -0.39 is 29.8 Å². The Balaban J connectivity index is 0.000000154. The van der Waals surface area contributed by atoms with Gasteiger partial charge in [0, 0.05) is 58.2 Å². The standard InChI is InChI=1S/C27H26FN3O4.C24H22FN3O4.C22H23FN4O4.C22H22FN3O3/c28-20-10-7-18(8-11-20)9-13-22-25-23(31-30-22)14-12-21(26(25)35-16-4-15-32)27(34)29-24(17-33)19-5-2-1-3-6-19;25-17-7-4-16(5-8-17)6-10-20-22-21(28-27-20)11-9-19(23(22)32-14-2-12-29)24(30)26-15-18-3-1-13-31-18;1-13(21(24)29)25-22(30)16-8-10-18-19(20(16)31-12-2-11-28)17(26-27-18)9-5-14-3-6-15(23)7-4-14;23-15-5-2-14(3-6-15)4-10-18-20-19(26-25-18)11-9-17(21(20)29-13-1-12-27)22(28)24-16-7-8-16/h1-3,5-14,24,32-33H,4,15-17H2,(H,29,34)(H,30,31);1,3-11,13,29H,2,12,14-15H2,(H,26,30)(H,27,28);3-10,13,28H,2,11-12H2,1H3,(H2,24,29)(H,25,30)(H,26,27);2-6,9-11,16,27H,1,7-8,12-13H2,(H,24,28)(H,25,26)/b13-9+;10-6+;9-5+;10-4+/t24-;;13-;/m1.0./s1. The second-order valence-corrected chi connectivity index (χ2v) is 28.9. The molecule has 1 saturated carbocycles. The van der Waals surface area contributed by atoms with E-state index in [4.69, 9.17) is 44.4 Å². The number of aliphatic hydroxyl groups is 5. The first kappa shape index (κ1) is 91.4. The van der Waals surface area contributed by atoms with Gasteiger partial charge in [-0.2, -0.15) is 20.4 Å². The van der Waals surface area contributed by atoms with Crippen LogP contribution >= 0.6 is 0 Å². The van der Waals surface area contributed by atoms with Gasteiger partial charge in [0.05, 0.1) is 141 Å². The number of carbonyl (C=O) groups is 5. The van der Waals surface area contributed by atoms with Gasteiger partial charge < -0.3 is 75.9 Å². The predicted octanol–water partition coefficient (Wildman–Crippen LogP) is 14.0. The Morgan fingerprint density at radius 3 is 1.06 bits per heavy atom. The first-order chi connectivity index (χ1) is 61.8. The number of nitrogens with one attached hydrogen (secondary N) is 8. The zero-order valence-corrected chi connectivity index (χ0v) is 68.8. The maximum Gasteiger partial charge on any atom is 0.255 e. The number of aromatic amines is 4. The predicted molar refractivity (Wildman–Crippen MR) is 475 cm³/mol. The summed E-state index contributed by atoms with van der Waals surface area (Å²) in [5.74, 6) is -1.30. The SMILES string of the molecule is C[C@H](NC(=O)c1ccc2n[nH]c(/C=C/c3ccc(F)cc3)c2c1OCCCO)C(N)=O.O=C(NC1CC1)c1ccc2n[nH]c(/C=C/c3ccc(F)cc3)c2c1OCCCO.O=C(NCc1ccco1)c1ccc2n[nH]c(/C=C/c3ccc(F)cc3)c2c1OCCCO.O=C(N[C@H](CO)c1ccccc1)c1ccc2n[nH]c(/C=C/c3ccc(F)cc3)c2c1OCCCO. The minimum Gasteiger partial charge on any atom is -0.492 e. The third-order valence-electron chi connectivity index (χ3n) is 19.6. The van der Waals surface area contributed by atoms with Gasteiger partial charge in [-0.15, -0.1) is 0 Å². The molecule has 28 nitrogen and oxygen atoms in total. The van der Waals surface area contributed by atoms with Gasteiger partial charge in [0.1, 0.15) is 58.1 Å². The molecule has 9 aromatic carbocycles. The molecule has 5 amide bonds. The van der Waals surface area contributed by atoms with Crippen LogP contribution in [0, 0.1) is 23.3 Å². The van der Waals surface area contributed by atoms with E-state index in [-0.39, 0.29) is 124 Å². The Bertz CT molecular complexity index is 6150. The minimum absolute atomic E-state index is 0.00228. The van der Waals surface area contributed by atoms with Crippen LogP contribution in [0.5, 0.6) is 23.0 Å². The summed E-state index contributed by atoms with van der Waals surface area (Å²) in [4.78, 5) is 63.0. The highest BCUT2D eigenvalue weighted by atomic mass is 19.1. The summed E-state index contributed by atoms with van der Waals surface area (Å²) in [6.07, 6.45) is 19.5. The second kappa shape index (κ2) is 45.5. The van der Waals surface area contributed by atoms with Crippen LogP contribution in [0.3, 0.4) is 0 Å². The van der Waals surface area contributed by atoms with Crippen molar-refractivity contribution in [3.8, 4) is 23.0 Å². The van der Waals surface area contributed by atoms with E-state index in [1.807, 2.05) is 48.6 Å². The van der Waals surface area contributed by atoms with Gasteiger partial charge in [0.2, 0.25) is 5.91 Å². The van der Waals surface area contributed by atoms with E-state index in [0.717, 1.165) is 40.7 Å². The summed E-state index contributed by atoms with van der Waals surface area (Å²) in [5.41, 5.74) is 15.5. The topological polar surface area (TPSA) is 425 Å². The number of rotatable bonds is 36. The zero-order chi connectivity index (χ0) is 89.6. The molecule has 1 aliphatic rings. The van der Waals surface area contributed by atoms with Crippen LogP contribution in [0.15, 0.2) is 199 Å². The lowest BCUT2D eigenvalue weighted by Crippen LogP contribution is -2.42. The number of H-pyrrole nitrogens is 4. The number of furan rings is 1. The minimum atomic E-state index is -0.865. The van der Waals surface area contributed by atoms with Crippen LogP contribution in [0.25, 0.3) is 92.2 Å². The van der Waals surface area contributed by atoms with Crippen molar-refractivity contribution in [2.45, 2.75) is 70.1 Å². The molecule has 0 radical (unpaired) electrons. The lowest BCUT2D eigenvalue weighted by molar-refractivity contribution is -0.119. The molecule has 1 aliphatic carbocycles. The Kier molecular flexibility index (Phi) is 32.8. The van der Waals surface area contributed by atoms with Gasteiger partial charge >= 0.3 is 0 Å². The molecule has 0 bridgehead atoms. The average Bonchev–Trinajstić information content (AvgIpc) is 1.68. The second-order valence-electron chi connectivity index (χ2n) is 28.9. The van der Waals surface area contributed by atoms with Crippen molar-refractivity contribution in [1.29, 1.82) is 0 Å². The van der Waals surface area contributed by atoms with Crippen LogP contribution < -0.4 is 45.9 Å². The molecule has 32 heteroatoms. The third kappa shape index (κ3) is 25.0. The number of carbonyl (C=O) groups excluding carboxylic acids is 5. The zero-order valence-electron chi connectivity index (χ0n) is 68.8. The lowest BCUT2D eigenvalue weighted by atomic mass is 10.0. The highest BCUT2D eigenvalue weighted by molar-refractivity contribution is 6.09. The fourth-order valence-corrected chi connectivity index (χ4v) is 12.8. The fourth-order valence-electron chi connectivity index (χ4n) is 12.8. The Hall–Kier alpha value is -14.8. The van der Waals surface area contributed by atoms with Crippen molar-refractivity contribution in [2.24, 2.45) is 5.73 Å². The van der Waals surface area contributed by atoms with Gasteiger partial charge in [-0.3, -0.25) is 44.4 Å². The monoisotopic (exact) mass is 1730 g/mol.